The van der Waals surface area contributed by atoms with Crippen molar-refractivity contribution in [3.05, 3.63) is 47.5 Å². The van der Waals surface area contributed by atoms with E-state index in [0.717, 1.165) is 12.1 Å². The number of carbonyl (C=O) groups excluding carboxylic acids is 1. The van der Waals surface area contributed by atoms with Gasteiger partial charge in [-0.3, -0.25) is 10.1 Å². The average Bonchev–Trinajstić information content (AvgIpc) is 2.70. The molecule has 2 N–H and O–H groups in total. The van der Waals surface area contributed by atoms with Crippen molar-refractivity contribution >= 4 is 28.9 Å². The lowest BCUT2D eigenvalue weighted by atomic mass is 10.1. The Morgan fingerprint density at radius 1 is 0.968 bits per heavy atom. The topological polar surface area (TPSA) is 68.8 Å². The number of anilines is 1. The molecule has 1 amide bonds. The molecule has 10 heteroatoms. The maximum Gasteiger partial charge on any atom is 0.416 e. The summed E-state index contributed by atoms with van der Waals surface area (Å²) in [6.45, 7) is 6.44. The molecule has 6 nitrogen and oxygen atoms in total. The van der Waals surface area contributed by atoms with Crippen molar-refractivity contribution in [1.82, 2.24) is 5.32 Å². The monoisotopic (exact) mass is 456 g/mol. The maximum atomic E-state index is 12.9. The molecule has 2 aromatic rings. The molecule has 0 unspecified atom stereocenters. The van der Waals surface area contributed by atoms with Gasteiger partial charge in [0.15, 0.2) is 16.6 Å². The smallest absolute Gasteiger partial charge is 0.416 e. The predicted molar refractivity (Wildman–Crippen MR) is 115 cm³/mol. The summed E-state index contributed by atoms with van der Waals surface area (Å²) in [6.07, 6.45) is -4.49. The number of benzene rings is 2. The molecular formula is C21H23F3N2O4S. The summed E-state index contributed by atoms with van der Waals surface area (Å²) >= 11 is 5.07. The standard InChI is InChI=1S/C21H23F3N2O4S/c1-4-28-16-10-13(11-17(29-5-2)18(16)30-6-3)19(27)26-20(31)25-15-9-7-8-14(12-15)21(22,23)24/h7-12H,4-6H2,1-3H3,(H2,25,26,27,31). The number of rotatable bonds is 8. The average molecular weight is 456 g/mol. The van der Waals surface area contributed by atoms with Crippen LogP contribution in [0, 0.1) is 0 Å². The van der Waals surface area contributed by atoms with Crippen molar-refractivity contribution in [3.8, 4) is 17.2 Å². The number of thiocarbonyl (C=S) groups is 1. The van der Waals surface area contributed by atoms with E-state index < -0.39 is 17.6 Å². The van der Waals surface area contributed by atoms with Crippen molar-refractivity contribution in [2.45, 2.75) is 26.9 Å². The van der Waals surface area contributed by atoms with Crippen LogP contribution in [0.1, 0.15) is 36.7 Å². The first-order valence-electron chi connectivity index (χ1n) is 9.55. The van der Waals surface area contributed by atoms with E-state index in [0.29, 0.717) is 37.1 Å². The molecule has 0 atom stereocenters. The fourth-order valence-electron chi connectivity index (χ4n) is 2.63. The summed E-state index contributed by atoms with van der Waals surface area (Å²) in [4.78, 5) is 12.7. The van der Waals surface area contributed by atoms with E-state index in [1.165, 1.54) is 24.3 Å². The fraction of sp³-hybridized carbons (Fsp3) is 0.333. The van der Waals surface area contributed by atoms with Gasteiger partial charge in [-0.05, 0) is 63.3 Å². The highest BCUT2D eigenvalue weighted by molar-refractivity contribution is 7.80. The van der Waals surface area contributed by atoms with Gasteiger partial charge < -0.3 is 19.5 Å². The van der Waals surface area contributed by atoms with E-state index in [9.17, 15) is 18.0 Å². The number of nitrogens with one attached hydrogen (secondary N) is 2. The van der Waals surface area contributed by atoms with Crippen LogP contribution in [0.5, 0.6) is 17.2 Å². The Kier molecular flexibility index (Phi) is 8.49. The van der Waals surface area contributed by atoms with Gasteiger partial charge in [0.1, 0.15) is 0 Å². The molecule has 0 aliphatic heterocycles. The molecular weight excluding hydrogens is 433 g/mol. The highest BCUT2D eigenvalue weighted by Gasteiger charge is 2.30. The number of hydrogen-bond donors (Lipinski definition) is 2. The van der Waals surface area contributed by atoms with E-state index in [1.54, 1.807) is 13.8 Å². The van der Waals surface area contributed by atoms with Gasteiger partial charge in [0.2, 0.25) is 5.75 Å². The van der Waals surface area contributed by atoms with Crippen molar-refractivity contribution in [2.24, 2.45) is 0 Å². The first-order valence-corrected chi connectivity index (χ1v) is 9.96. The van der Waals surface area contributed by atoms with E-state index in [1.807, 2.05) is 6.92 Å². The van der Waals surface area contributed by atoms with Crippen LogP contribution < -0.4 is 24.8 Å². The summed E-state index contributed by atoms with van der Waals surface area (Å²) in [6, 6.07) is 7.46. The SMILES string of the molecule is CCOc1cc(C(=O)NC(=S)Nc2cccc(C(F)(F)F)c2)cc(OCC)c1OCC. The molecule has 0 aliphatic carbocycles. The minimum atomic E-state index is -4.49. The van der Waals surface area contributed by atoms with Crippen LogP contribution in [0.3, 0.4) is 0 Å². The Bertz CT molecular complexity index is 908. The molecule has 2 aromatic carbocycles. The quantitative estimate of drug-likeness (QED) is 0.543. The molecule has 0 bridgehead atoms. The fourth-order valence-corrected chi connectivity index (χ4v) is 2.84. The first kappa shape index (κ1) is 24.3. The molecule has 0 heterocycles. The molecule has 31 heavy (non-hydrogen) atoms. The molecule has 0 saturated carbocycles. The Labute approximate surface area is 183 Å². The number of amides is 1. The van der Waals surface area contributed by atoms with Crippen LogP contribution in [0.25, 0.3) is 0 Å². The van der Waals surface area contributed by atoms with Gasteiger partial charge in [0.05, 0.1) is 25.4 Å². The highest BCUT2D eigenvalue weighted by atomic mass is 32.1. The first-order chi connectivity index (χ1) is 14.7. The van der Waals surface area contributed by atoms with Gasteiger partial charge in [0, 0.05) is 11.3 Å². The molecule has 2 rings (SSSR count). The Balaban J connectivity index is 2.21. The van der Waals surface area contributed by atoms with Crippen molar-refractivity contribution < 1.29 is 32.2 Å². The van der Waals surface area contributed by atoms with E-state index in [4.69, 9.17) is 26.4 Å². The third-order valence-electron chi connectivity index (χ3n) is 3.85. The van der Waals surface area contributed by atoms with E-state index in [2.05, 4.69) is 10.6 Å². The summed E-state index contributed by atoms with van der Waals surface area (Å²) in [5.41, 5.74) is -0.554. The van der Waals surface area contributed by atoms with Gasteiger partial charge in [-0.1, -0.05) is 6.07 Å². The number of carbonyl (C=O) groups is 1. The van der Waals surface area contributed by atoms with Gasteiger partial charge >= 0.3 is 6.18 Å². The Morgan fingerprint density at radius 3 is 2.06 bits per heavy atom. The minimum absolute atomic E-state index is 0.0943. The van der Waals surface area contributed by atoms with Gasteiger partial charge in [-0.15, -0.1) is 0 Å². The second-order valence-corrected chi connectivity index (χ2v) is 6.50. The zero-order chi connectivity index (χ0) is 23.0. The van der Waals surface area contributed by atoms with Crippen LogP contribution in [-0.2, 0) is 6.18 Å². The number of ether oxygens (including phenoxy) is 3. The highest BCUT2D eigenvalue weighted by Crippen LogP contribution is 2.39. The lowest BCUT2D eigenvalue weighted by Crippen LogP contribution is -2.34. The van der Waals surface area contributed by atoms with E-state index >= 15 is 0 Å². The molecule has 0 radical (unpaired) electrons. The zero-order valence-corrected chi connectivity index (χ0v) is 18.1. The second-order valence-electron chi connectivity index (χ2n) is 6.09. The molecule has 0 aliphatic rings. The van der Waals surface area contributed by atoms with E-state index in [-0.39, 0.29) is 16.4 Å². The number of hydrogen-bond acceptors (Lipinski definition) is 5. The number of halogens is 3. The van der Waals surface area contributed by atoms with Crippen LogP contribution >= 0.6 is 12.2 Å². The third kappa shape index (κ3) is 6.74. The van der Waals surface area contributed by atoms with Crippen LogP contribution in [-0.4, -0.2) is 30.8 Å². The zero-order valence-electron chi connectivity index (χ0n) is 17.3. The van der Waals surface area contributed by atoms with Crippen LogP contribution in [0.15, 0.2) is 36.4 Å². The van der Waals surface area contributed by atoms with Crippen molar-refractivity contribution in [1.29, 1.82) is 0 Å². The van der Waals surface area contributed by atoms with Crippen LogP contribution in [0.2, 0.25) is 0 Å². The predicted octanol–water partition coefficient (Wildman–Crippen LogP) is 5.03. The lowest BCUT2D eigenvalue weighted by molar-refractivity contribution is -0.137. The van der Waals surface area contributed by atoms with Gasteiger partial charge in [0.25, 0.3) is 5.91 Å². The maximum absolute atomic E-state index is 12.9. The third-order valence-corrected chi connectivity index (χ3v) is 4.05. The Hall–Kier alpha value is -3.01. The number of alkyl halides is 3. The molecule has 0 spiro atoms. The molecule has 168 valence electrons. The molecule has 0 fully saturated rings. The largest absolute Gasteiger partial charge is 0.490 e. The summed E-state index contributed by atoms with van der Waals surface area (Å²) in [5, 5.41) is 4.86. The summed E-state index contributed by atoms with van der Waals surface area (Å²) in [7, 11) is 0. The second kappa shape index (κ2) is 10.9. The van der Waals surface area contributed by atoms with Crippen molar-refractivity contribution in [3.63, 3.8) is 0 Å². The molecule has 0 saturated heterocycles. The summed E-state index contributed by atoms with van der Waals surface area (Å²) < 4.78 is 55.3. The Morgan fingerprint density at radius 2 is 1.55 bits per heavy atom. The summed E-state index contributed by atoms with van der Waals surface area (Å²) in [5.74, 6) is 0.455. The van der Waals surface area contributed by atoms with Gasteiger partial charge in [-0.2, -0.15) is 13.2 Å². The normalized spacial score (nSPS) is 10.9. The van der Waals surface area contributed by atoms with Crippen molar-refractivity contribution in [2.75, 3.05) is 25.1 Å². The van der Waals surface area contributed by atoms with Crippen LogP contribution in [0.4, 0.5) is 18.9 Å². The lowest BCUT2D eigenvalue weighted by Gasteiger charge is -2.17. The van der Waals surface area contributed by atoms with Gasteiger partial charge in [-0.25, -0.2) is 0 Å². The minimum Gasteiger partial charge on any atom is -0.490 e. The molecule has 0 aromatic heterocycles.